The maximum absolute atomic E-state index is 13.7. The monoisotopic (exact) mass is 298 g/mol. The number of nitrogens with zero attached hydrogens (tertiary/aromatic N) is 1. The van der Waals surface area contributed by atoms with Crippen molar-refractivity contribution >= 4 is 0 Å². The molecule has 1 unspecified atom stereocenters. The zero-order valence-electron chi connectivity index (χ0n) is 11.3. The smallest absolute Gasteiger partial charge is 0.306 e. The van der Waals surface area contributed by atoms with Gasteiger partial charge in [0.1, 0.15) is 5.82 Å². The Labute approximate surface area is 119 Å². The summed E-state index contributed by atoms with van der Waals surface area (Å²) in [4.78, 5) is 3.98. The van der Waals surface area contributed by atoms with Gasteiger partial charge in [0.15, 0.2) is 0 Å². The van der Waals surface area contributed by atoms with Crippen LogP contribution < -0.4 is 5.32 Å². The lowest BCUT2D eigenvalue weighted by Crippen LogP contribution is -2.22. The molecule has 6 heteroatoms. The standard InChI is InChI=1S/C15H14F4N2/c1-2-21-14(11-4-3-7-20-9-11)10-5-6-12(13(16)8-10)15(17,18)19/h3-9,14,21H,2H2,1H3. The fourth-order valence-corrected chi connectivity index (χ4v) is 2.12. The molecular weight excluding hydrogens is 284 g/mol. The number of aromatic nitrogens is 1. The Morgan fingerprint density at radius 2 is 1.95 bits per heavy atom. The number of hydrogen-bond donors (Lipinski definition) is 1. The maximum atomic E-state index is 13.7. The van der Waals surface area contributed by atoms with Crippen molar-refractivity contribution in [3.05, 3.63) is 65.2 Å². The molecule has 1 N–H and O–H groups in total. The molecule has 1 atom stereocenters. The molecule has 2 nitrogen and oxygen atoms in total. The molecule has 0 saturated heterocycles. The van der Waals surface area contributed by atoms with E-state index in [0.29, 0.717) is 12.1 Å². The second-order valence-corrected chi connectivity index (χ2v) is 4.51. The van der Waals surface area contributed by atoms with E-state index in [9.17, 15) is 17.6 Å². The molecule has 0 bridgehead atoms. The molecule has 0 aliphatic carbocycles. The number of rotatable bonds is 4. The van der Waals surface area contributed by atoms with Gasteiger partial charge in [-0.2, -0.15) is 13.2 Å². The minimum Gasteiger partial charge on any atom is -0.306 e. The van der Waals surface area contributed by atoms with Crippen molar-refractivity contribution in [2.45, 2.75) is 19.1 Å². The highest BCUT2D eigenvalue weighted by Gasteiger charge is 2.34. The molecule has 0 spiro atoms. The van der Waals surface area contributed by atoms with Gasteiger partial charge in [0.05, 0.1) is 11.6 Å². The van der Waals surface area contributed by atoms with Crippen molar-refractivity contribution in [1.29, 1.82) is 0 Å². The fourth-order valence-electron chi connectivity index (χ4n) is 2.12. The van der Waals surface area contributed by atoms with E-state index in [1.807, 2.05) is 6.92 Å². The van der Waals surface area contributed by atoms with E-state index in [1.165, 1.54) is 6.07 Å². The first kappa shape index (κ1) is 15.4. The highest BCUT2D eigenvalue weighted by atomic mass is 19.4. The van der Waals surface area contributed by atoms with Gasteiger partial charge in [-0.3, -0.25) is 4.98 Å². The Morgan fingerprint density at radius 1 is 1.19 bits per heavy atom. The van der Waals surface area contributed by atoms with Crippen LogP contribution in [0.25, 0.3) is 0 Å². The van der Waals surface area contributed by atoms with Gasteiger partial charge in [0.25, 0.3) is 0 Å². The quantitative estimate of drug-likeness (QED) is 0.865. The first-order chi connectivity index (χ1) is 9.93. The van der Waals surface area contributed by atoms with Crippen molar-refractivity contribution in [3.63, 3.8) is 0 Å². The Morgan fingerprint density at radius 3 is 2.48 bits per heavy atom. The molecule has 0 aliphatic heterocycles. The van der Waals surface area contributed by atoms with E-state index in [0.717, 1.165) is 17.7 Å². The number of halogens is 4. The molecule has 0 radical (unpaired) electrons. The summed E-state index contributed by atoms with van der Waals surface area (Å²) in [6.07, 6.45) is -1.49. The van der Waals surface area contributed by atoms with E-state index >= 15 is 0 Å². The highest BCUT2D eigenvalue weighted by Crippen LogP contribution is 2.33. The molecule has 0 fully saturated rings. The molecule has 112 valence electrons. The molecule has 21 heavy (non-hydrogen) atoms. The second kappa shape index (κ2) is 6.22. The molecule has 2 rings (SSSR count). The summed E-state index contributed by atoms with van der Waals surface area (Å²) in [5.74, 6) is -1.27. The Balaban J connectivity index is 2.41. The van der Waals surface area contributed by atoms with Crippen molar-refractivity contribution in [2.75, 3.05) is 6.54 Å². The van der Waals surface area contributed by atoms with Crippen LogP contribution in [0.2, 0.25) is 0 Å². The summed E-state index contributed by atoms with van der Waals surface area (Å²) in [5.41, 5.74) is -0.0680. The van der Waals surface area contributed by atoms with Gasteiger partial charge in [-0.1, -0.05) is 19.1 Å². The molecule has 2 aromatic rings. The molecular formula is C15H14F4N2. The Kier molecular flexibility index (Phi) is 4.57. The van der Waals surface area contributed by atoms with Gasteiger partial charge in [-0.25, -0.2) is 4.39 Å². The predicted molar refractivity (Wildman–Crippen MR) is 71.2 cm³/mol. The van der Waals surface area contributed by atoms with Crippen LogP contribution in [0.4, 0.5) is 17.6 Å². The van der Waals surface area contributed by atoms with E-state index in [2.05, 4.69) is 10.3 Å². The van der Waals surface area contributed by atoms with Crippen LogP contribution in [0.15, 0.2) is 42.7 Å². The number of nitrogens with one attached hydrogen (secondary N) is 1. The second-order valence-electron chi connectivity index (χ2n) is 4.51. The fraction of sp³-hybridized carbons (Fsp3) is 0.267. The predicted octanol–water partition coefficient (Wildman–Crippen LogP) is 3.94. The molecule has 0 aliphatic rings. The van der Waals surface area contributed by atoms with Crippen molar-refractivity contribution < 1.29 is 17.6 Å². The number of hydrogen-bond acceptors (Lipinski definition) is 2. The average Bonchev–Trinajstić information content (AvgIpc) is 2.44. The van der Waals surface area contributed by atoms with E-state index < -0.39 is 23.6 Å². The topological polar surface area (TPSA) is 24.9 Å². The van der Waals surface area contributed by atoms with Crippen molar-refractivity contribution in [3.8, 4) is 0 Å². The van der Waals surface area contributed by atoms with Crippen LogP contribution in [-0.2, 0) is 6.18 Å². The van der Waals surface area contributed by atoms with Gasteiger partial charge in [0.2, 0.25) is 0 Å². The van der Waals surface area contributed by atoms with Crippen LogP contribution in [0.3, 0.4) is 0 Å². The Hall–Kier alpha value is -1.95. The summed E-state index contributed by atoms with van der Waals surface area (Å²) in [6.45, 7) is 2.45. The van der Waals surface area contributed by atoms with Gasteiger partial charge in [-0.05, 0) is 35.9 Å². The summed E-state index contributed by atoms with van der Waals surface area (Å²) in [7, 11) is 0. The van der Waals surface area contributed by atoms with Gasteiger partial charge in [-0.15, -0.1) is 0 Å². The lowest BCUT2D eigenvalue weighted by Gasteiger charge is -2.19. The summed E-state index contributed by atoms with van der Waals surface area (Å²) in [6, 6.07) is 6.08. The average molecular weight is 298 g/mol. The largest absolute Gasteiger partial charge is 0.419 e. The lowest BCUT2D eigenvalue weighted by molar-refractivity contribution is -0.140. The van der Waals surface area contributed by atoms with E-state index in [1.54, 1.807) is 24.5 Å². The molecule has 0 amide bonds. The number of benzene rings is 1. The van der Waals surface area contributed by atoms with Crippen LogP contribution in [-0.4, -0.2) is 11.5 Å². The molecule has 1 aromatic heterocycles. The third kappa shape index (κ3) is 3.58. The van der Waals surface area contributed by atoms with Crippen LogP contribution in [0.1, 0.15) is 29.7 Å². The Bertz CT molecular complexity index is 596. The van der Waals surface area contributed by atoms with Gasteiger partial charge >= 0.3 is 6.18 Å². The van der Waals surface area contributed by atoms with E-state index in [-0.39, 0.29) is 0 Å². The zero-order chi connectivity index (χ0) is 15.5. The minimum absolute atomic E-state index is 0.402. The SMILES string of the molecule is CCNC(c1cccnc1)c1ccc(C(F)(F)F)c(F)c1. The number of pyridine rings is 1. The van der Waals surface area contributed by atoms with E-state index in [4.69, 9.17) is 0 Å². The van der Waals surface area contributed by atoms with Crippen LogP contribution in [0, 0.1) is 5.82 Å². The molecule has 1 aromatic carbocycles. The zero-order valence-corrected chi connectivity index (χ0v) is 11.3. The lowest BCUT2D eigenvalue weighted by atomic mass is 9.98. The third-order valence-corrected chi connectivity index (χ3v) is 3.06. The molecule has 0 saturated carbocycles. The normalized spacial score (nSPS) is 13.2. The third-order valence-electron chi connectivity index (χ3n) is 3.06. The van der Waals surface area contributed by atoms with Crippen LogP contribution in [0.5, 0.6) is 0 Å². The minimum atomic E-state index is -4.69. The highest BCUT2D eigenvalue weighted by molar-refractivity contribution is 5.34. The first-order valence-corrected chi connectivity index (χ1v) is 6.43. The van der Waals surface area contributed by atoms with Gasteiger partial charge < -0.3 is 5.32 Å². The van der Waals surface area contributed by atoms with Crippen molar-refractivity contribution in [1.82, 2.24) is 10.3 Å². The maximum Gasteiger partial charge on any atom is 0.419 e. The first-order valence-electron chi connectivity index (χ1n) is 6.43. The summed E-state index contributed by atoms with van der Waals surface area (Å²) in [5, 5.41) is 3.11. The van der Waals surface area contributed by atoms with Gasteiger partial charge in [0, 0.05) is 12.4 Å². The van der Waals surface area contributed by atoms with Crippen LogP contribution >= 0.6 is 0 Å². The summed E-state index contributed by atoms with van der Waals surface area (Å²) < 4.78 is 51.5. The molecule has 1 heterocycles. The van der Waals surface area contributed by atoms with Crippen molar-refractivity contribution in [2.24, 2.45) is 0 Å². The number of alkyl halides is 3. The summed E-state index contributed by atoms with van der Waals surface area (Å²) >= 11 is 0.